The lowest BCUT2D eigenvalue weighted by molar-refractivity contribution is -0.305. The topological polar surface area (TPSA) is 110 Å². The molecule has 112 valence electrons. The van der Waals surface area contributed by atoms with Gasteiger partial charge in [0, 0.05) is 10.3 Å². The molecule has 0 spiro atoms. The van der Waals surface area contributed by atoms with Gasteiger partial charge in [0.2, 0.25) is 11.8 Å². The standard InChI is InChI=1S/C12H12N2O5S2/c1-12(2)5-6(20-8-7(12)21-11(19)13-8)10(18)14(9(5)17)3-4(15)16/h5-6H,3H2,1-2H3,(H,13,19)(H,15,16)/p-1/t5-,6-/m1/s1. The van der Waals surface area contributed by atoms with E-state index in [0.717, 1.165) is 32.9 Å². The van der Waals surface area contributed by atoms with E-state index in [0.29, 0.717) is 5.03 Å². The number of carboxylic acids is 1. The Balaban J connectivity index is 2.07. The number of aromatic amines is 1. The highest BCUT2D eigenvalue weighted by atomic mass is 32.2. The maximum Gasteiger partial charge on any atom is 0.305 e. The summed E-state index contributed by atoms with van der Waals surface area (Å²) in [5, 5.41) is 10.6. The van der Waals surface area contributed by atoms with Gasteiger partial charge in [-0.25, -0.2) is 0 Å². The number of imide groups is 1. The molecule has 0 aliphatic carbocycles. The van der Waals surface area contributed by atoms with Gasteiger partial charge in [0.1, 0.15) is 5.25 Å². The predicted molar refractivity (Wildman–Crippen MR) is 72.8 cm³/mol. The summed E-state index contributed by atoms with van der Waals surface area (Å²) >= 11 is 2.14. The van der Waals surface area contributed by atoms with Crippen LogP contribution in [0, 0.1) is 5.92 Å². The van der Waals surface area contributed by atoms with Crippen molar-refractivity contribution in [1.29, 1.82) is 0 Å². The largest absolute Gasteiger partial charge is 0.548 e. The summed E-state index contributed by atoms with van der Waals surface area (Å²) in [6, 6.07) is 0. The third-order valence-electron chi connectivity index (χ3n) is 3.86. The molecule has 0 radical (unpaired) electrons. The molecule has 0 saturated carbocycles. The lowest BCUT2D eigenvalue weighted by Gasteiger charge is -2.36. The van der Waals surface area contributed by atoms with Gasteiger partial charge in [-0.2, -0.15) is 0 Å². The highest BCUT2D eigenvalue weighted by Crippen LogP contribution is 2.52. The third kappa shape index (κ3) is 1.95. The number of hydrogen-bond acceptors (Lipinski definition) is 7. The summed E-state index contributed by atoms with van der Waals surface area (Å²) in [6.07, 6.45) is 0. The Labute approximate surface area is 127 Å². The Hall–Kier alpha value is -1.61. The van der Waals surface area contributed by atoms with Crippen molar-refractivity contribution >= 4 is 40.9 Å². The maximum absolute atomic E-state index is 12.4. The number of thioether (sulfide) groups is 1. The molecule has 1 saturated heterocycles. The second kappa shape index (κ2) is 4.44. The first-order valence-electron chi connectivity index (χ1n) is 6.19. The first-order chi connectivity index (χ1) is 9.73. The van der Waals surface area contributed by atoms with Crippen LogP contribution >= 0.6 is 23.1 Å². The Morgan fingerprint density at radius 3 is 2.62 bits per heavy atom. The molecule has 1 aromatic rings. The number of fused-ring (bicyclic) bond motifs is 2. The van der Waals surface area contributed by atoms with Crippen molar-refractivity contribution in [1.82, 2.24) is 9.88 Å². The fourth-order valence-corrected chi connectivity index (χ4v) is 5.68. The van der Waals surface area contributed by atoms with E-state index >= 15 is 0 Å². The normalized spacial score (nSPS) is 26.7. The van der Waals surface area contributed by atoms with E-state index < -0.39 is 40.9 Å². The number of carboxylic acid groups (broad SMARTS) is 1. The van der Waals surface area contributed by atoms with Crippen molar-refractivity contribution in [3.63, 3.8) is 0 Å². The maximum atomic E-state index is 12.4. The fraction of sp³-hybridized carbons (Fsp3) is 0.500. The highest BCUT2D eigenvalue weighted by molar-refractivity contribution is 8.00. The average molecular weight is 327 g/mol. The van der Waals surface area contributed by atoms with Gasteiger partial charge in [-0.05, 0) is 0 Å². The number of carbonyl (C=O) groups excluding carboxylic acids is 3. The number of nitrogens with zero attached hydrogens (tertiary/aromatic N) is 1. The molecule has 3 heterocycles. The number of aromatic nitrogens is 1. The zero-order chi connectivity index (χ0) is 15.5. The Morgan fingerprint density at radius 1 is 1.33 bits per heavy atom. The molecule has 1 fully saturated rings. The molecule has 0 unspecified atom stereocenters. The lowest BCUT2D eigenvalue weighted by Crippen LogP contribution is -2.43. The Bertz CT molecular complexity index is 719. The van der Waals surface area contributed by atoms with E-state index in [1.54, 1.807) is 13.8 Å². The lowest BCUT2D eigenvalue weighted by atomic mass is 9.76. The molecule has 2 atom stereocenters. The van der Waals surface area contributed by atoms with Gasteiger partial charge >= 0.3 is 4.87 Å². The third-order valence-corrected chi connectivity index (χ3v) is 6.48. The van der Waals surface area contributed by atoms with Gasteiger partial charge in [0.25, 0.3) is 0 Å². The van der Waals surface area contributed by atoms with E-state index in [9.17, 15) is 24.3 Å². The smallest absolute Gasteiger partial charge is 0.305 e. The number of hydrogen-bond donors (Lipinski definition) is 1. The summed E-state index contributed by atoms with van der Waals surface area (Å²) in [4.78, 5) is 50.9. The molecular weight excluding hydrogens is 316 g/mol. The number of thiazole rings is 1. The Morgan fingerprint density at radius 2 is 2.00 bits per heavy atom. The van der Waals surface area contributed by atoms with Crippen molar-refractivity contribution in [2.45, 2.75) is 29.5 Å². The van der Waals surface area contributed by atoms with E-state index in [2.05, 4.69) is 4.98 Å². The van der Waals surface area contributed by atoms with Crippen molar-refractivity contribution < 1.29 is 19.5 Å². The van der Waals surface area contributed by atoms with Crippen LogP contribution in [-0.2, 0) is 19.8 Å². The summed E-state index contributed by atoms with van der Waals surface area (Å²) in [5.41, 5.74) is -0.706. The number of amides is 2. The van der Waals surface area contributed by atoms with Gasteiger partial charge in [-0.1, -0.05) is 36.9 Å². The van der Waals surface area contributed by atoms with Crippen LogP contribution in [-0.4, -0.2) is 39.5 Å². The second-order valence-corrected chi connectivity index (χ2v) is 7.68. The summed E-state index contributed by atoms with van der Waals surface area (Å²) in [7, 11) is 0. The SMILES string of the molecule is CC1(C)c2sc(=O)[nH]c2S[C@H]2C(=O)N(CC(=O)[O-])C(=O)[C@@H]21. The molecule has 1 aromatic heterocycles. The Kier molecular flexibility index (Phi) is 3.03. The zero-order valence-corrected chi connectivity index (χ0v) is 12.8. The first kappa shape index (κ1) is 14.3. The molecule has 2 aliphatic heterocycles. The number of rotatable bonds is 2. The summed E-state index contributed by atoms with van der Waals surface area (Å²) in [5.74, 6) is -3.20. The van der Waals surface area contributed by atoms with Crippen LogP contribution in [0.1, 0.15) is 18.7 Å². The summed E-state index contributed by atoms with van der Waals surface area (Å²) < 4.78 is 0. The fourth-order valence-electron chi connectivity index (χ4n) is 2.88. The predicted octanol–water partition coefficient (Wildman–Crippen LogP) is -1.08. The number of carbonyl (C=O) groups is 3. The van der Waals surface area contributed by atoms with Gasteiger partial charge in [0.15, 0.2) is 0 Å². The second-order valence-electron chi connectivity index (χ2n) is 5.55. The number of likely N-dealkylation sites (tertiary alicyclic amines) is 1. The quantitative estimate of drug-likeness (QED) is 0.692. The molecule has 2 amide bonds. The van der Waals surface area contributed by atoms with Crippen molar-refractivity contribution in [2.75, 3.05) is 6.54 Å². The molecule has 21 heavy (non-hydrogen) atoms. The molecular formula is C12H11N2O5S2-. The minimum absolute atomic E-state index is 0.230. The monoisotopic (exact) mass is 327 g/mol. The van der Waals surface area contributed by atoms with Crippen LogP contribution in [0.5, 0.6) is 0 Å². The van der Waals surface area contributed by atoms with Crippen LogP contribution < -0.4 is 9.98 Å². The average Bonchev–Trinajstić information content (AvgIpc) is 2.84. The van der Waals surface area contributed by atoms with E-state index in [1.807, 2.05) is 0 Å². The molecule has 7 nitrogen and oxygen atoms in total. The van der Waals surface area contributed by atoms with Crippen LogP contribution in [0.15, 0.2) is 9.82 Å². The molecule has 0 bridgehead atoms. The molecule has 0 aromatic carbocycles. The van der Waals surface area contributed by atoms with Crippen LogP contribution in [0.2, 0.25) is 0 Å². The number of H-pyrrole nitrogens is 1. The van der Waals surface area contributed by atoms with E-state index in [-0.39, 0.29) is 4.87 Å². The van der Waals surface area contributed by atoms with Gasteiger partial charge in [-0.15, -0.1) is 0 Å². The minimum atomic E-state index is -1.47. The van der Waals surface area contributed by atoms with Crippen molar-refractivity contribution in [2.24, 2.45) is 5.92 Å². The van der Waals surface area contributed by atoms with Crippen LogP contribution in [0.3, 0.4) is 0 Å². The molecule has 3 rings (SSSR count). The molecule has 9 heteroatoms. The van der Waals surface area contributed by atoms with E-state index in [1.165, 1.54) is 0 Å². The van der Waals surface area contributed by atoms with Crippen molar-refractivity contribution in [3.8, 4) is 0 Å². The van der Waals surface area contributed by atoms with E-state index in [4.69, 9.17) is 0 Å². The first-order valence-corrected chi connectivity index (χ1v) is 7.88. The zero-order valence-electron chi connectivity index (χ0n) is 11.2. The van der Waals surface area contributed by atoms with Crippen molar-refractivity contribution in [3.05, 3.63) is 14.5 Å². The van der Waals surface area contributed by atoms with Crippen LogP contribution in [0.4, 0.5) is 0 Å². The molecule has 1 N–H and O–H groups in total. The van der Waals surface area contributed by atoms with Gasteiger partial charge in [-0.3, -0.25) is 19.3 Å². The van der Waals surface area contributed by atoms with Gasteiger partial charge < -0.3 is 14.9 Å². The highest BCUT2D eigenvalue weighted by Gasteiger charge is 2.58. The van der Waals surface area contributed by atoms with Gasteiger partial charge in [0.05, 0.1) is 23.5 Å². The molecule has 2 aliphatic rings. The van der Waals surface area contributed by atoms with Crippen LogP contribution in [0.25, 0.3) is 0 Å². The number of nitrogens with one attached hydrogen (secondary N) is 1. The summed E-state index contributed by atoms with van der Waals surface area (Å²) in [6.45, 7) is 2.85. The minimum Gasteiger partial charge on any atom is -0.548 e. The number of aliphatic carboxylic acids is 1.